The van der Waals surface area contributed by atoms with Gasteiger partial charge >= 0.3 is 0 Å². The molecule has 0 amide bonds. The lowest BCUT2D eigenvalue weighted by Crippen LogP contribution is -1.72. The summed E-state index contributed by atoms with van der Waals surface area (Å²) in [6.45, 7) is 3.67. The Labute approximate surface area is 78.2 Å². The summed E-state index contributed by atoms with van der Waals surface area (Å²) in [5.74, 6) is 6.22. The Morgan fingerprint density at radius 1 is 1.18 bits per heavy atom. The molecule has 0 rings (SSSR count). The van der Waals surface area contributed by atoms with Gasteiger partial charge in [0, 0.05) is 18.2 Å². The Morgan fingerprint density at radius 2 is 1.91 bits per heavy atom. The highest BCUT2D eigenvalue weighted by molar-refractivity contribution is 9.09. The number of unbranched alkanes of at least 4 members (excludes halogenated alkanes) is 3. The van der Waals surface area contributed by atoms with Crippen LogP contribution in [-0.4, -0.2) is 5.33 Å². The number of allylic oxidation sites excluding steroid dienone is 1. The molecule has 62 valence electrons. The van der Waals surface area contributed by atoms with E-state index in [9.17, 15) is 0 Å². The fourth-order valence-electron chi connectivity index (χ4n) is 0.726. The van der Waals surface area contributed by atoms with Crippen LogP contribution in [0.15, 0.2) is 12.7 Å². The topological polar surface area (TPSA) is 0 Å². The maximum atomic E-state index is 3.67. The molecule has 1 heteroatoms. The van der Waals surface area contributed by atoms with Crippen LogP contribution in [0.5, 0.6) is 0 Å². The van der Waals surface area contributed by atoms with Crippen LogP contribution < -0.4 is 0 Å². The molecule has 0 saturated heterocycles. The summed E-state index contributed by atoms with van der Waals surface area (Å²) in [5, 5.41) is 0.993. The molecule has 0 radical (unpaired) electrons. The largest absolute Gasteiger partial charge is 0.103 e. The molecule has 0 N–H and O–H groups in total. The predicted octanol–water partition coefficient (Wildman–Crippen LogP) is 3.52. The molecule has 0 fully saturated rings. The van der Waals surface area contributed by atoms with Gasteiger partial charge in [-0.3, -0.25) is 0 Å². The van der Waals surface area contributed by atoms with Gasteiger partial charge < -0.3 is 0 Å². The van der Waals surface area contributed by atoms with Gasteiger partial charge in [0.05, 0.1) is 0 Å². The van der Waals surface area contributed by atoms with E-state index in [1.54, 1.807) is 0 Å². The number of alkyl halides is 1. The Bertz CT molecular complexity index is 139. The zero-order valence-electron chi connectivity index (χ0n) is 6.91. The SMILES string of the molecule is C=CCCCCC#CCCBr. The summed E-state index contributed by atoms with van der Waals surface area (Å²) >= 11 is 3.33. The molecule has 0 spiro atoms. The average molecular weight is 215 g/mol. The molecule has 0 aliphatic carbocycles. The first-order chi connectivity index (χ1) is 5.41. The first kappa shape index (κ1) is 10.8. The molecule has 11 heavy (non-hydrogen) atoms. The standard InChI is InChI=1S/C10H15Br/c1-2-3-4-5-6-7-8-9-10-11/h2H,1,3-6,9-10H2. The van der Waals surface area contributed by atoms with Crippen LogP contribution in [0.3, 0.4) is 0 Å². The summed E-state index contributed by atoms with van der Waals surface area (Å²) in [5.41, 5.74) is 0. The Balaban J connectivity index is 3.02. The van der Waals surface area contributed by atoms with Gasteiger partial charge in [0.1, 0.15) is 0 Å². The molecule has 0 atom stereocenters. The highest BCUT2D eigenvalue weighted by Crippen LogP contribution is 1.98. The van der Waals surface area contributed by atoms with Crippen LogP contribution in [-0.2, 0) is 0 Å². The molecule has 0 aromatic heterocycles. The van der Waals surface area contributed by atoms with E-state index in [0.29, 0.717) is 0 Å². The smallest absolute Gasteiger partial charge is 0.0186 e. The van der Waals surface area contributed by atoms with Crippen molar-refractivity contribution >= 4 is 15.9 Å². The summed E-state index contributed by atoms with van der Waals surface area (Å²) in [6.07, 6.45) is 7.54. The van der Waals surface area contributed by atoms with Crippen molar-refractivity contribution in [2.24, 2.45) is 0 Å². The van der Waals surface area contributed by atoms with Crippen molar-refractivity contribution in [1.29, 1.82) is 0 Å². The molecule has 0 bridgehead atoms. The first-order valence-electron chi connectivity index (χ1n) is 4.04. The van der Waals surface area contributed by atoms with Crippen molar-refractivity contribution in [3.63, 3.8) is 0 Å². The Morgan fingerprint density at radius 3 is 2.55 bits per heavy atom. The van der Waals surface area contributed by atoms with E-state index in [-0.39, 0.29) is 0 Å². The monoisotopic (exact) mass is 214 g/mol. The number of hydrogen-bond donors (Lipinski definition) is 0. The minimum absolute atomic E-state index is 0.974. The fourth-order valence-corrected chi connectivity index (χ4v) is 0.924. The van der Waals surface area contributed by atoms with Crippen molar-refractivity contribution in [3.05, 3.63) is 12.7 Å². The molecule has 0 nitrogen and oxygen atoms in total. The summed E-state index contributed by atoms with van der Waals surface area (Å²) in [7, 11) is 0. The summed E-state index contributed by atoms with van der Waals surface area (Å²) in [6, 6.07) is 0. The fraction of sp³-hybridized carbons (Fsp3) is 0.600. The van der Waals surface area contributed by atoms with Crippen LogP contribution in [0.25, 0.3) is 0 Å². The van der Waals surface area contributed by atoms with Crippen molar-refractivity contribution in [2.45, 2.75) is 32.1 Å². The second kappa shape index (κ2) is 9.78. The molecule has 0 saturated carbocycles. The lowest BCUT2D eigenvalue weighted by atomic mass is 10.2. The van der Waals surface area contributed by atoms with E-state index in [2.05, 4.69) is 34.3 Å². The van der Waals surface area contributed by atoms with Crippen LogP contribution in [0, 0.1) is 11.8 Å². The average Bonchev–Trinajstić information content (AvgIpc) is 2.03. The minimum atomic E-state index is 0.974. The molecular weight excluding hydrogens is 200 g/mol. The van der Waals surface area contributed by atoms with Gasteiger partial charge in [-0.1, -0.05) is 22.0 Å². The molecule has 0 heterocycles. The summed E-state index contributed by atoms with van der Waals surface area (Å²) < 4.78 is 0. The van der Waals surface area contributed by atoms with E-state index in [1.165, 1.54) is 12.8 Å². The third-order valence-electron chi connectivity index (χ3n) is 1.30. The lowest BCUT2D eigenvalue weighted by Gasteiger charge is -1.88. The van der Waals surface area contributed by atoms with Crippen LogP contribution in [0.1, 0.15) is 32.1 Å². The quantitative estimate of drug-likeness (QED) is 0.285. The second-order valence-corrected chi connectivity index (χ2v) is 3.12. The molecule has 0 aromatic carbocycles. The van der Waals surface area contributed by atoms with Crippen molar-refractivity contribution < 1.29 is 0 Å². The van der Waals surface area contributed by atoms with Crippen LogP contribution in [0.2, 0.25) is 0 Å². The maximum Gasteiger partial charge on any atom is 0.0186 e. The van der Waals surface area contributed by atoms with E-state index in [1.807, 2.05) is 6.08 Å². The van der Waals surface area contributed by atoms with Crippen LogP contribution >= 0.6 is 15.9 Å². The van der Waals surface area contributed by atoms with Crippen molar-refractivity contribution in [2.75, 3.05) is 5.33 Å². The number of rotatable bonds is 5. The normalized spacial score (nSPS) is 8.45. The number of hydrogen-bond acceptors (Lipinski definition) is 0. The molecular formula is C10H15Br. The highest BCUT2D eigenvalue weighted by atomic mass is 79.9. The lowest BCUT2D eigenvalue weighted by molar-refractivity contribution is 0.772. The Hall–Kier alpha value is -0.220. The van der Waals surface area contributed by atoms with Crippen molar-refractivity contribution in [1.82, 2.24) is 0 Å². The Kier molecular flexibility index (Phi) is 9.58. The van der Waals surface area contributed by atoms with E-state index in [4.69, 9.17) is 0 Å². The van der Waals surface area contributed by atoms with Gasteiger partial charge in [0.15, 0.2) is 0 Å². The molecule has 0 aliphatic heterocycles. The van der Waals surface area contributed by atoms with E-state index in [0.717, 1.165) is 24.6 Å². The van der Waals surface area contributed by atoms with E-state index < -0.39 is 0 Å². The summed E-state index contributed by atoms with van der Waals surface area (Å²) in [4.78, 5) is 0. The van der Waals surface area contributed by atoms with Crippen molar-refractivity contribution in [3.8, 4) is 11.8 Å². The van der Waals surface area contributed by atoms with E-state index >= 15 is 0 Å². The third-order valence-corrected chi connectivity index (χ3v) is 1.70. The first-order valence-corrected chi connectivity index (χ1v) is 5.16. The highest BCUT2D eigenvalue weighted by Gasteiger charge is 1.81. The molecule has 0 aromatic rings. The van der Waals surface area contributed by atoms with Gasteiger partial charge in [-0.2, -0.15) is 0 Å². The zero-order chi connectivity index (χ0) is 8.36. The maximum absolute atomic E-state index is 3.67. The molecule has 0 aliphatic rings. The third kappa shape index (κ3) is 9.78. The van der Waals surface area contributed by atoms with Crippen LogP contribution in [0.4, 0.5) is 0 Å². The van der Waals surface area contributed by atoms with Gasteiger partial charge in [-0.25, -0.2) is 0 Å². The van der Waals surface area contributed by atoms with Gasteiger partial charge in [0.2, 0.25) is 0 Å². The number of halogens is 1. The van der Waals surface area contributed by atoms with Gasteiger partial charge in [-0.05, 0) is 19.3 Å². The predicted molar refractivity (Wildman–Crippen MR) is 54.9 cm³/mol. The minimum Gasteiger partial charge on any atom is -0.103 e. The molecule has 0 unspecified atom stereocenters. The van der Waals surface area contributed by atoms with Gasteiger partial charge in [0.25, 0.3) is 0 Å². The zero-order valence-corrected chi connectivity index (χ0v) is 8.49. The second-order valence-electron chi connectivity index (χ2n) is 2.33. The van der Waals surface area contributed by atoms with Gasteiger partial charge in [-0.15, -0.1) is 18.4 Å².